The zero-order valence-corrected chi connectivity index (χ0v) is 14.8. The molecule has 0 fully saturated rings. The van der Waals surface area contributed by atoms with E-state index in [-0.39, 0.29) is 5.91 Å². The molecule has 6 heteroatoms. The molecule has 0 atom stereocenters. The maximum absolute atomic E-state index is 12.2. The highest BCUT2D eigenvalue weighted by Crippen LogP contribution is 2.23. The molecule has 1 aromatic carbocycles. The van der Waals surface area contributed by atoms with Crippen LogP contribution in [0.1, 0.15) is 19.4 Å². The summed E-state index contributed by atoms with van der Waals surface area (Å²) in [6.45, 7) is 6.99. The fraction of sp³-hybridized carbons (Fsp3) is 0.412. The van der Waals surface area contributed by atoms with Crippen LogP contribution in [-0.4, -0.2) is 28.6 Å². The third-order valence-corrected chi connectivity index (χ3v) is 4.22. The summed E-state index contributed by atoms with van der Waals surface area (Å²) >= 11 is 1.48. The van der Waals surface area contributed by atoms with Crippen molar-refractivity contribution < 1.29 is 9.53 Å². The summed E-state index contributed by atoms with van der Waals surface area (Å²) < 4.78 is 7.05. The maximum Gasteiger partial charge on any atom is 0.235 e. The standard InChI is InChI=1S/C17H23N3O2S/c1-12(2)10-20-17(13(3)9-18-20)19-16(21)11-23-15-7-5-6-14(8-15)22-4/h5-9,12H,10-11H2,1-4H3,(H,19,21). The minimum absolute atomic E-state index is 0.0357. The van der Waals surface area contributed by atoms with E-state index in [1.807, 2.05) is 35.9 Å². The minimum atomic E-state index is -0.0357. The predicted octanol–water partition coefficient (Wildman–Crippen LogP) is 3.59. The van der Waals surface area contributed by atoms with Gasteiger partial charge in [0, 0.05) is 17.0 Å². The van der Waals surface area contributed by atoms with E-state index in [1.54, 1.807) is 13.3 Å². The summed E-state index contributed by atoms with van der Waals surface area (Å²) in [7, 11) is 1.63. The molecule has 1 aromatic heterocycles. The van der Waals surface area contributed by atoms with Crippen LogP contribution in [-0.2, 0) is 11.3 Å². The molecule has 0 aliphatic rings. The highest BCUT2D eigenvalue weighted by molar-refractivity contribution is 8.00. The smallest absolute Gasteiger partial charge is 0.235 e. The third-order valence-electron chi connectivity index (χ3n) is 3.23. The second kappa shape index (κ2) is 8.06. The molecule has 1 N–H and O–H groups in total. The molecule has 0 bridgehead atoms. The molecule has 1 heterocycles. The van der Waals surface area contributed by atoms with Crippen molar-refractivity contribution in [1.82, 2.24) is 9.78 Å². The molecule has 0 aliphatic carbocycles. The summed E-state index contributed by atoms with van der Waals surface area (Å²) in [4.78, 5) is 13.2. The molecule has 0 unspecified atom stereocenters. The fourth-order valence-corrected chi connectivity index (χ4v) is 2.88. The van der Waals surface area contributed by atoms with Crippen LogP contribution in [0.2, 0.25) is 0 Å². The van der Waals surface area contributed by atoms with E-state index in [1.165, 1.54) is 11.8 Å². The van der Waals surface area contributed by atoms with Gasteiger partial charge in [-0.15, -0.1) is 11.8 Å². The lowest BCUT2D eigenvalue weighted by molar-refractivity contribution is -0.113. The van der Waals surface area contributed by atoms with Crippen LogP contribution in [0.25, 0.3) is 0 Å². The van der Waals surface area contributed by atoms with Crippen molar-refractivity contribution in [3.63, 3.8) is 0 Å². The average molecular weight is 333 g/mol. The van der Waals surface area contributed by atoms with Crippen molar-refractivity contribution in [2.24, 2.45) is 5.92 Å². The number of aryl methyl sites for hydroxylation is 1. The molecular weight excluding hydrogens is 310 g/mol. The quantitative estimate of drug-likeness (QED) is 0.787. The number of ether oxygens (including phenoxy) is 1. The summed E-state index contributed by atoms with van der Waals surface area (Å²) in [6.07, 6.45) is 1.78. The van der Waals surface area contributed by atoms with Crippen molar-refractivity contribution >= 4 is 23.5 Å². The van der Waals surface area contributed by atoms with Gasteiger partial charge < -0.3 is 10.1 Å². The average Bonchev–Trinajstić information content (AvgIpc) is 2.85. The summed E-state index contributed by atoms with van der Waals surface area (Å²) in [5.74, 6) is 2.36. The van der Waals surface area contributed by atoms with Gasteiger partial charge in [-0.3, -0.25) is 4.79 Å². The topological polar surface area (TPSA) is 56.1 Å². The number of nitrogens with zero attached hydrogens (tertiary/aromatic N) is 2. The first-order valence-electron chi connectivity index (χ1n) is 7.58. The van der Waals surface area contributed by atoms with Crippen molar-refractivity contribution in [3.8, 4) is 5.75 Å². The zero-order chi connectivity index (χ0) is 16.8. The van der Waals surface area contributed by atoms with Crippen LogP contribution in [0.15, 0.2) is 35.4 Å². The number of rotatable bonds is 7. The fourth-order valence-electron chi connectivity index (χ4n) is 2.13. The molecule has 5 nitrogen and oxygen atoms in total. The lowest BCUT2D eigenvalue weighted by Crippen LogP contribution is -2.19. The number of amides is 1. The lowest BCUT2D eigenvalue weighted by Gasteiger charge is -2.12. The minimum Gasteiger partial charge on any atom is -0.497 e. The van der Waals surface area contributed by atoms with Gasteiger partial charge in [0.25, 0.3) is 0 Å². The van der Waals surface area contributed by atoms with Crippen LogP contribution < -0.4 is 10.1 Å². The van der Waals surface area contributed by atoms with Gasteiger partial charge in [-0.25, -0.2) is 4.68 Å². The van der Waals surface area contributed by atoms with Gasteiger partial charge in [-0.05, 0) is 31.0 Å². The van der Waals surface area contributed by atoms with E-state index in [0.717, 1.165) is 28.6 Å². The first kappa shape index (κ1) is 17.4. The van der Waals surface area contributed by atoms with Crippen molar-refractivity contribution in [1.29, 1.82) is 0 Å². The van der Waals surface area contributed by atoms with Crippen LogP contribution in [0, 0.1) is 12.8 Å². The molecule has 124 valence electrons. The van der Waals surface area contributed by atoms with Gasteiger partial charge in [0.2, 0.25) is 5.91 Å². The highest BCUT2D eigenvalue weighted by Gasteiger charge is 2.12. The number of carbonyl (C=O) groups is 1. The molecule has 0 radical (unpaired) electrons. The van der Waals surface area contributed by atoms with Crippen molar-refractivity contribution in [3.05, 3.63) is 36.0 Å². The number of carbonyl (C=O) groups excluding carboxylic acids is 1. The number of benzene rings is 1. The summed E-state index contributed by atoms with van der Waals surface area (Å²) in [6, 6.07) is 7.69. The lowest BCUT2D eigenvalue weighted by atomic mass is 10.2. The number of nitrogens with one attached hydrogen (secondary N) is 1. The molecule has 0 aliphatic heterocycles. The zero-order valence-electron chi connectivity index (χ0n) is 14.0. The summed E-state index contributed by atoms with van der Waals surface area (Å²) in [5.41, 5.74) is 0.977. The number of hydrogen-bond donors (Lipinski definition) is 1. The van der Waals surface area contributed by atoms with Gasteiger partial charge in [0.1, 0.15) is 11.6 Å². The molecule has 2 rings (SSSR count). The van der Waals surface area contributed by atoms with Gasteiger partial charge in [-0.1, -0.05) is 19.9 Å². The van der Waals surface area contributed by atoms with Crippen molar-refractivity contribution in [2.45, 2.75) is 32.2 Å². The second-order valence-electron chi connectivity index (χ2n) is 5.77. The highest BCUT2D eigenvalue weighted by atomic mass is 32.2. The Kier molecular flexibility index (Phi) is 6.10. The number of thioether (sulfide) groups is 1. The van der Waals surface area contributed by atoms with E-state index in [9.17, 15) is 4.79 Å². The SMILES string of the molecule is COc1cccc(SCC(=O)Nc2c(C)cnn2CC(C)C)c1. The Labute approximate surface area is 141 Å². The largest absolute Gasteiger partial charge is 0.497 e. The van der Waals surface area contributed by atoms with Gasteiger partial charge in [0.05, 0.1) is 19.1 Å². The van der Waals surface area contributed by atoms with Crippen LogP contribution in [0.4, 0.5) is 5.82 Å². The summed E-state index contributed by atoms with van der Waals surface area (Å²) in [5, 5.41) is 7.30. The third kappa shape index (κ3) is 5.03. The molecule has 0 saturated carbocycles. The number of hydrogen-bond acceptors (Lipinski definition) is 4. The van der Waals surface area contributed by atoms with Gasteiger partial charge >= 0.3 is 0 Å². The molecular formula is C17H23N3O2S. The molecule has 0 spiro atoms. The second-order valence-corrected chi connectivity index (χ2v) is 6.82. The van der Waals surface area contributed by atoms with Crippen LogP contribution in [0.3, 0.4) is 0 Å². The number of methoxy groups -OCH3 is 1. The maximum atomic E-state index is 12.2. The van der Waals surface area contributed by atoms with Gasteiger partial charge in [-0.2, -0.15) is 5.10 Å². The Morgan fingerprint density at radius 1 is 1.43 bits per heavy atom. The first-order valence-corrected chi connectivity index (χ1v) is 8.57. The Morgan fingerprint density at radius 2 is 2.22 bits per heavy atom. The monoisotopic (exact) mass is 333 g/mol. The normalized spacial score (nSPS) is 10.8. The predicted molar refractivity (Wildman–Crippen MR) is 94.1 cm³/mol. The Bertz CT molecular complexity index is 668. The van der Waals surface area contributed by atoms with Crippen LogP contribution in [0.5, 0.6) is 5.75 Å². The van der Waals surface area contributed by atoms with E-state index >= 15 is 0 Å². The van der Waals surface area contributed by atoms with Crippen molar-refractivity contribution in [2.75, 3.05) is 18.2 Å². The Balaban J connectivity index is 1.96. The first-order chi connectivity index (χ1) is 11.0. The molecule has 2 aromatic rings. The molecule has 0 saturated heterocycles. The van der Waals surface area contributed by atoms with E-state index in [2.05, 4.69) is 24.3 Å². The molecule has 1 amide bonds. The number of aromatic nitrogens is 2. The Hall–Kier alpha value is -1.95. The van der Waals surface area contributed by atoms with E-state index in [4.69, 9.17) is 4.74 Å². The number of anilines is 1. The van der Waals surface area contributed by atoms with Crippen LogP contribution >= 0.6 is 11.8 Å². The Morgan fingerprint density at radius 3 is 2.91 bits per heavy atom. The van der Waals surface area contributed by atoms with E-state index in [0.29, 0.717) is 11.7 Å². The van der Waals surface area contributed by atoms with E-state index < -0.39 is 0 Å². The van der Waals surface area contributed by atoms with Gasteiger partial charge in [0.15, 0.2) is 0 Å². The molecule has 23 heavy (non-hydrogen) atoms.